The van der Waals surface area contributed by atoms with Crippen molar-refractivity contribution >= 4 is 6.09 Å². The fourth-order valence-corrected chi connectivity index (χ4v) is 4.77. The second-order valence-electron chi connectivity index (χ2n) is 9.51. The Kier molecular flexibility index (Phi) is 9.51. The van der Waals surface area contributed by atoms with Gasteiger partial charge >= 0.3 is 6.09 Å². The molecule has 0 aromatic carbocycles. The predicted molar refractivity (Wildman–Crippen MR) is 116 cm³/mol. The predicted octanol–water partition coefficient (Wildman–Crippen LogP) is 3.35. The van der Waals surface area contributed by atoms with E-state index in [1.165, 1.54) is 65.1 Å². The van der Waals surface area contributed by atoms with E-state index in [2.05, 4.69) is 16.0 Å². The Balaban J connectivity index is 0.00000136. The van der Waals surface area contributed by atoms with Gasteiger partial charge in [-0.15, -0.1) is 0 Å². The van der Waals surface area contributed by atoms with Crippen LogP contribution in [0.4, 0.5) is 4.79 Å². The van der Waals surface area contributed by atoms with Crippen LogP contribution < -0.4 is 11.1 Å². The summed E-state index contributed by atoms with van der Waals surface area (Å²) in [5.74, 6) is 0. The van der Waals surface area contributed by atoms with Crippen LogP contribution in [0.5, 0.6) is 0 Å². The van der Waals surface area contributed by atoms with Gasteiger partial charge in [0.15, 0.2) is 0 Å². The summed E-state index contributed by atoms with van der Waals surface area (Å²) in [6, 6.07) is 2.14. The van der Waals surface area contributed by atoms with Gasteiger partial charge in [0.25, 0.3) is 0 Å². The van der Waals surface area contributed by atoms with Crippen LogP contribution in [-0.4, -0.2) is 72.8 Å². The summed E-state index contributed by atoms with van der Waals surface area (Å²) >= 11 is 0. The zero-order valence-electron chi connectivity index (χ0n) is 18.7. The van der Waals surface area contributed by atoms with Crippen LogP contribution in [0.2, 0.25) is 0 Å². The topological polar surface area (TPSA) is 70.8 Å². The third-order valence-corrected chi connectivity index (χ3v) is 6.24. The van der Waals surface area contributed by atoms with Crippen molar-refractivity contribution in [2.75, 3.05) is 33.2 Å². The van der Waals surface area contributed by atoms with Crippen molar-refractivity contribution in [2.45, 2.75) is 102 Å². The van der Waals surface area contributed by atoms with Crippen LogP contribution in [-0.2, 0) is 4.74 Å². The van der Waals surface area contributed by atoms with Crippen molar-refractivity contribution in [1.29, 1.82) is 0 Å². The van der Waals surface area contributed by atoms with E-state index in [1.807, 2.05) is 25.7 Å². The van der Waals surface area contributed by atoms with Gasteiger partial charge in [0.2, 0.25) is 0 Å². The van der Waals surface area contributed by atoms with Crippen molar-refractivity contribution in [3.63, 3.8) is 0 Å². The number of nitrogens with zero attached hydrogens (tertiary/aromatic N) is 2. The second kappa shape index (κ2) is 11.4. The molecule has 6 heteroatoms. The molecule has 1 aliphatic carbocycles. The second-order valence-corrected chi connectivity index (χ2v) is 9.51. The van der Waals surface area contributed by atoms with E-state index in [-0.39, 0.29) is 6.09 Å². The van der Waals surface area contributed by atoms with Crippen molar-refractivity contribution in [3.05, 3.63) is 0 Å². The molecule has 3 aliphatic rings. The minimum absolute atomic E-state index is 0.147. The summed E-state index contributed by atoms with van der Waals surface area (Å²) in [7, 11) is 1.50. The highest BCUT2D eigenvalue weighted by Gasteiger charge is 2.31. The molecule has 2 heterocycles. The molecule has 2 aliphatic heterocycles. The van der Waals surface area contributed by atoms with Gasteiger partial charge in [-0.3, -0.25) is 0 Å². The number of amides is 1. The molecule has 0 radical (unpaired) electrons. The van der Waals surface area contributed by atoms with Gasteiger partial charge < -0.3 is 25.6 Å². The maximum Gasteiger partial charge on any atom is 0.410 e. The highest BCUT2D eigenvalue weighted by molar-refractivity contribution is 5.68. The Bertz CT molecular complexity index is 444. The van der Waals surface area contributed by atoms with Crippen LogP contribution in [0, 0.1) is 0 Å². The highest BCUT2D eigenvalue weighted by Crippen LogP contribution is 2.24. The molecule has 6 nitrogen and oxygen atoms in total. The zero-order valence-corrected chi connectivity index (χ0v) is 18.7. The van der Waals surface area contributed by atoms with Crippen LogP contribution in [0.3, 0.4) is 0 Å². The quantitative estimate of drug-likeness (QED) is 0.765. The first-order chi connectivity index (χ1) is 13.4. The summed E-state index contributed by atoms with van der Waals surface area (Å²) in [4.78, 5) is 16.8. The lowest BCUT2D eigenvalue weighted by atomic mass is 9.93. The van der Waals surface area contributed by atoms with Gasteiger partial charge in [-0.25, -0.2) is 4.79 Å². The zero-order chi connectivity index (χ0) is 20.6. The molecule has 0 unspecified atom stereocenters. The van der Waals surface area contributed by atoms with Crippen molar-refractivity contribution in [3.8, 4) is 0 Å². The molecule has 2 saturated heterocycles. The first kappa shape index (κ1) is 23.4. The number of piperidine rings is 2. The SMILES string of the molecule is CC(C)(C)OC(=O)N1CCC(N2CCC(NC3CCCCC3)CC2)CC1.CN. The largest absolute Gasteiger partial charge is 0.444 e. The number of hydrogen-bond donors (Lipinski definition) is 2. The minimum atomic E-state index is -0.402. The van der Waals surface area contributed by atoms with E-state index in [0.29, 0.717) is 6.04 Å². The maximum atomic E-state index is 12.2. The monoisotopic (exact) mass is 396 g/mol. The molecule has 3 rings (SSSR count). The van der Waals surface area contributed by atoms with E-state index in [4.69, 9.17) is 4.74 Å². The van der Waals surface area contributed by atoms with Gasteiger partial charge in [-0.2, -0.15) is 0 Å². The molecule has 3 fully saturated rings. The molecular weight excluding hydrogens is 352 g/mol. The molecule has 0 aromatic heterocycles. The first-order valence-corrected chi connectivity index (χ1v) is 11.5. The van der Waals surface area contributed by atoms with Gasteiger partial charge in [-0.1, -0.05) is 19.3 Å². The van der Waals surface area contributed by atoms with Crippen LogP contribution >= 0.6 is 0 Å². The number of likely N-dealkylation sites (tertiary alicyclic amines) is 2. The smallest absolute Gasteiger partial charge is 0.410 e. The summed E-state index contributed by atoms with van der Waals surface area (Å²) < 4.78 is 5.51. The van der Waals surface area contributed by atoms with Gasteiger partial charge in [0.05, 0.1) is 0 Å². The molecule has 28 heavy (non-hydrogen) atoms. The minimum Gasteiger partial charge on any atom is -0.444 e. The number of carbonyl (C=O) groups is 1. The Morgan fingerprint density at radius 2 is 1.39 bits per heavy atom. The third-order valence-electron chi connectivity index (χ3n) is 6.24. The third kappa shape index (κ3) is 7.53. The molecule has 0 spiro atoms. The lowest BCUT2D eigenvalue weighted by molar-refractivity contribution is 0.0123. The fraction of sp³-hybridized carbons (Fsp3) is 0.955. The summed E-state index contributed by atoms with van der Waals surface area (Å²) in [6.07, 6.45) is 11.6. The first-order valence-electron chi connectivity index (χ1n) is 11.5. The molecule has 0 aromatic rings. The molecule has 0 atom stereocenters. The Labute approximate surface area is 172 Å². The fourth-order valence-electron chi connectivity index (χ4n) is 4.77. The molecule has 164 valence electrons. The van der Waals surface area contributed by atoms with Crippen molar-refractivity contribution in [1.82, 2.24) is 15.1 Å². The van der Waals surface area contributed by atoms with Crippen molar-refractivity contribution in [2.24, 2.45) is 5.73 Å². The summed E-state index contributed by atoms with van der Waals surface area (Å²) in [5.41, 5.74) is 4.10. The van der Waals surface area contributed by atoms with E-state index < -0.39 is 5.60 Å². The molecule has 3 N–H and O–H groups in total. The number of ether oxygens (including phenoxy) is 1. The average molecular weight is 397 g/mol. The van der Waals surface area contributed by atoms with Crippen molar-refractivity contribution < 1.29 is 9.53 Å². The highest BCUT2D eigenvalue weighted by atomic mass is 16.6. The Hall–Kier alpha value is -0.850. The maximum absolute atomic E-state index is 12.2. The van der Waals surface area contributed by atoms with Crippen LogP contribution in [0.1, 0.15) is 78.6 Å². The molecule has 0 bridgehead atoms. The van der Waals surface area contributed by atoms with E-state index in [9.17, 15) is 4.79 Å². The Morgan fingerprint density at radius 3 is 1.93 bits per heavy atom. The molecule has 1 amide bonds. The standard InChI is InChI=1S/C21H39N3O2.CH5N/c1-21(2,3)26-20(25)24-15-11-19(12-16-24)23-13-9-18(10-14-23)22-17-7-5-4-6-8-17;1-2/h17-19,22H,4-16H2,1-3H3;2H2,1H3. The van der Waals surface area contributed by atoms with Gasteiger partial charge in [0.1, 0.15) is 5.60 Å². The van der Waals surface area contributed by atoms with Gasteiger partial charge in [-0.05, 0) is 79.4 Å². The van der Waals surface area contributed by atoms with Gasteiger partial charge in [0, 0.05) is 31.2 Å². The number of nitrogens with two attached hydrogens (primary N) is 1. The summed E-state index contributed by atoms with van der Waals surface area (Å²) in [6.45, 7) is 9.89. The van der Waals surface area contributed by atoms with E-state index >= 15 is 0 Å². The normalized spacial score (nSPS) is 23.8. The molecular formula is C22H44N4O2. The Morgan fingerprint density at radius 1 is 0.857 bits per heavy atom. The van der Waals surface area contributed by atoms with Crippen LogP contribution in [0.15, 0.2) is 0 Å². The van der Waals surface area contributed by atoms with E-state index in [1.54, 1.807) is 0 Å². The number of hydrogen-bond acceptors (Lipinski definition) is 5. The number of carbonyl (C=O) groups excluding carboxylic acids is 1. The average Bonchev–Trinajstić information content (AvgIpc) is 2.70. The van der Waals surface area contributed by atoms with Crippen LogP contribution in [0.25, 0.3) is 0 Å². The lowest BCUT2D eigenvalue weighted by Crippen LogP contribution is -2.52. The molecule has 1 saturated carbocycles. The summed E-state index contributed by atoms with van der Waals surface area (Å²) in [5, 5.41) is 3.93. The number of nitrogens with one attached hydrogen (secondary N) is 1. The van der Waals surface area contributed by atoms with E-state index in [0.717, 1.165) is 38.0 Å². The lowest BCUT2D eigenvalue weighted by Gasteiger charge is -2.42. The number of rotatable bonds is 3.